The molecule has 15 heavy (non-hydrogen) atoms. The fourth-order valence-corrected chi connectivity index (χ4v) is 1.63. The van der Waals surface area contributed by atoms with Crippen LogP contribution in [0.25, 0.3) is 0 Å². The summed E-state index contributed by atoms with van der Waals surface area (Å²) in [5.41, 5.74) is 1.13. The molecule has 0 aliphatic rings. The van der Waals surface area contributed by atoms with E-state index >= 15 is 0 Å². The SMILES string of the molecule is C[C@@H](NC(CO)CO)c1ccc(Br)cc1. The number of hydrogen-bond acceptors (Lipinski definition) is 3. The van der Waals surface area contributed by atoms with Crippen molar-refractivity contribution in [2.45, 2.75) is 19.0 Å². The van der Waals surface area contributed by atoms with Crippen LogP contribution in [-0.2, 0) is 0 Å². The summed E-state index contributed by atoms with van der Waals surface area (Å²) in [6.45, 7) is 1.89. The van der Waals surface area contributed by atoms with E-state index in [1.165, 1.54) is 0 Å². The molecule has 0 fully saturated rings. The van der Waals surface area contributed by atoms with Crippen molar-refractivity contribution in [2.24, 2.45) is 0 Å². The Balaban J connectivity index is 2.60. The Morgan fingerprint density at radius 1 is 1.20 bits per heavy atom. The minimum absolute atomic E-state index is 0.0582. The number of aliphatic hydroxyl groups is 2. The van der Waals surface area contributed by atoms with Gasteiger partial charge in [-0.1, -0.05) is 28.1 Å². The Morgan fingerprint density at radius 3 is 2.20 bits per heavy atom. The van der Waals surface area contributed by atoms with Gasteiger partial charge in [-0.05, 0) is 24.6 Å². The zero-order valence-corrected chi connectivity index (χ0v) is 10.2. The Morgan fingerprint density at radius 2 is 1.73 bits per heavy atom. The lowest BCUT2D eigenvalue weighted by Gasteiger charge is -2.20. The lowest BCUT2D eigenvalue weighted by atomic mass is 10.1. The van der Waals surface area contributed by atoms with Gasteiger partial charge < -0.3 is 15.5 Å². The molecular formula is C11H16BrNO2. The first-order valence-electron chi connectivity index (χ1n) is 4.90. The Kier molecular flexibility index (Phi) is 5.25. The van der Waals surface area contributed by atoms with Crippen molar-refractivity contribution >= 4 is 15.9 Å². The number of nitrogens with one attached hydrogen (secondary N) is 1. The van der Waals surface area contributed by atoms with Crippen LogP contribution in [0.2, 0.25) is 0 Å². The van der Waals surface area contributed by atoms with Gasteiger partial charge in [-0.3, -0.25) is 0 Å². The van der Waals surface area contributed by atoms with E-state index in [-0.39, 0.29) is 25.3 Å². The third-order valence-electron chi connectivity index (χ3n) is 2.30. The predicted octanol–water partition coefficient (Wildman–Crippen LogP) is 1.45. The molecule has 3 N–H and O–H groups in total. The van der Waals surface area contributed by atoms with Gasteiger partial charge in [0.2, 0.25) is 0 Å². The van der Waals surface area contributed by atoms with Crippen LogP contribution in [0.5, 0.6) is 0 Å². The second kappa shape index (κ2) is 6.23. The predicted molar refractivity (Wildman–Crippen MR) is 63.7 cm³/mol. The zero-order valence-electron chi connectivity index (χ0n) is 8.65. The van der Waals surface area contributed by atoms with Crippen LogP contribution in [-0.4, -0.2) is 29.5 Å². The van der Waals surface area contributed by atoms with Gasteiger partial charge in [-0.25, -0.2) is 0 Å². The second-order valence-electron chi connectivity index (χ2n) is 3.50. The highest BCUT2D eigenvalue weighted by molar-refractivity contribution is 9.10. The van der Waals surface area contributed by atoms with Crippen molar-refractivity contribution in [3.63, 3.8) is 0 Å². The first kappa shape index (κ1) is 12.6. The van der Waals surface area contributed by atoms with E-state index in [0.29, 0.717) is 0 Å². The van der Waals surface area contributed by atoms with Crippen LogP contribution in [0.1, 0.15) is 18.5 Å². The maximum atomic E-state index is 8.94. The standard InChI is InChI=1S/C11H16BrNO2/c1-8(13-11(6-14)7-15)9-2-4-10(12)5-3-9/h2-5,8,11,13-15H,6-7H2,1H3/t8-/m1/s1. The summed E-state index contributed by atoms with van der Waals surface area (Å²) in [7, 11) is 0. The molecular weight excluding hydrogens is 258 g/mol. The molecule has 4 heteroatoms. The molecule has 0 heterocycles. The third-order valence-corrected chi connectivity index (χ3v) is 2.83. The van der Waals surface area contributed by atoms with Gasteiger partial charge in [-0.2, -0.15) is 0 Å². The summed E-state index contributed by atoms with van der Waals surface area (Å²) in [4.78, 5) is 0. The minimum atomic E-state index is -0.261. The molecule has 0 aromatic heterocycles. The van der Waals surface area contributed by atoms with Gasteiger partial charge in [-0.15, -0.1) is 0 Å². The number of hydrogen-bond donors (Lipinski definition) is 3. The van der Waals surface area contributed by atoms with Crippen LogP contribution < -0.4 is 5.32 Å². The van der Waals surface area contributed by atoms with Crippen molar-refractivity contribution in [1.29, 1.82) is 0 Å². The highest BCUT2D eigenvalue weighted by atomic mass is 79.9. The Bertz CT molecular complexity index is 285. The van der Waals surface area contributed by atoms with Gasteiger partial charge >= 0.3 is 0 Å². The number of aliphatic hydroxyl groups excluding tert-OH is 2. The molecule has 0 radical (unpaired) electrons. The van der Waals surface area contributed by atoms with E-state index in [1.54, 1.807) is 0 Å². The summed E-state index contributed by atoms with van der Waals surface area (Å²) in [6, 6.07) is 7.81. The molecule has 0 aliphatic carbocycles. The largest absolute Gasteiger partial charge is 0.395 e. The molecule has 1 aromatic carbocycles. The lowest BCUT2D eigenvalue weighted by molar-refractivity contribution is 0.163. The van der Waals surface area contributed by atoms with Gasteiger partial charge in [0, 0.05) is 10.5 Å². The van der Waals surface area contributed by atoms with Crippen molar-refractivity contribution in [3.05, 3.63) is 34.3 Å². The van der Waals surface area contributed by atoms with Gasteiger partial charge in [0.15, 0.2) is 0 Å². The van der Waals surface area contributed by atoms with E-state index in [1.807, 2.05) is 31.2 Å². The average molecular weight is 274 g/mol. The number of halogens is 1. The Labute approximate surface area is 98.3 Å². The van der Waals surface area contributed by atoms with Gasteiger partial charge in [0.1, 0.15) is 0 Å². The van der Waals surface area contributed by atoms with E-state index in [2.05, 4.69) is 21.2 Å². The van der Waals surface area contributed by atoms with E-state index < -0.39 is 0 Å². The summed E-state index contributed by atoms with van der Waals surface area (Å²) in [5, 5.41) is 21.0. The Hall–Kier alpha value is -0.420. The first-order valence-corrected chi connectivity index (χ1v) is 5.70. The molecule has 0 unspecified atom stereocenters. The van der Waals surface area contributed by atoms with Crippen LogP contribution in [0.15, 0.2) is 28.7 Å². The van der Waals surface area contributed by atoms with Crippen LogP contribution in [0, 0.1) is 0 Å². The van der Waals surface area contributed by atoms with E-state index in [0.717, 1.165) is 10.0 Å². The van der Waals surface area contributed by atoms with Crippen LogP contribution >= 0.6 is 15.9 Å². The molecule has 0 amide bonds. The highest BCUT2D eigenvalue weighted by Gasteiger charge is 2.11. The summed E-state index contributed by atoms with van der Waals surface area (Å²) >= 11 is 3.37. The monoisotopic (exact) mass is 273 g/mol. The van der Waals surface area contributed by atoms with E-state index in [4.69, 9.17) is 10.2 Å². The van der Waals surface area contributed by atoms with Gasteiger partial charge in [0.25, 0.3) is 0 Å². The molecule has 0 bridgehead atoms. The maximum absolute atomic E-state index is 8.94. The van der Waals surface area contributed by atoms with Crippen molar-refractivity contribution in [2.75, 3.05) is 13.2 Å². The summed E-state index contributed by atoms with van der Waals surface area (Å²) < 4.78 is 1.04. The first-order chi connectivity index (χ1) is 7.17. The number of benzene rings is 1. The fourth-order valence-electron chi connectivity index (χ4n) is 1.36. The van der Waals surface area contributed by atoms with Gasteiger partial charge in [0.05, 0.1) is 19.3 Å². The molecule has 84 valence electrons. The molecule has 0 aliphatic heterocycles. The van der Waals surface area contributed by atoms with Crippen LogP contribution in [0.4, 0.5) is 0 Å². The molecule has 1 rings (SSSR count). The summed E-state index contributed by atoms with van der Waals surface area (Å²) in [6.07, 6.45) is 0. The third kappa shape index (κ3) is 3.91. The summed E-state index contributed by atoms with van der Waals surface area (Å²) in [5.74, 6) is 0. The molecule has 1 aromatic rings. The normalized spacial score (nSPS) is 13.1. The highest BCUT2D eigenvalue weighted by Crippen LogP contribution is 2.16. The topological polar surface area (TPSA) is 52.5 Å². The lowest BCUT2D eigenvalue weighted by Crippen LogP contribution is -2.37. The van der Waals surface area contributed by atoms with Crippen LogP contribution in [0.3, 0.4) is 0 Å². The molecule has 0 saturated heterocycles. The smallest absolute Gasteiger partial charge is 0.0607 e. The fraction of sp³-hybridized carbons (Fsp3) is 0.455. The van der Waals surface area contributed by atoms with Crippen molar-refractivity contribution < 1.29 is 10.2 Å². The molecule has 1 atom stereocenters. The maximum Gasteiger partial charge on any atom is 0.0607 e. The van der Waals surface area contributed by atoms with Crippen molar-refractivity contribution in [1.82, 2.24) is 5.32 Å². The van der Waals surface area contributed by atoms with E-state index in [9.17, 15) is 0 Å². The van der Waals surface area contributed by atoms with Crippen molar-refractivity contribution in [3.8, 4) is 0 Å². The second-order valence-corrected chi connectivity index (χ2v) is 4.42. The molecule has 0 spiro atoms. The molecule has 0 saturated carbocycles. The zero-order chi connectivity index (χ0) is 11.3. The average Bonchev–Trinajstić information content (AvgIpc) is 2.26. The minimum Gasteiger partial charge on any atom is -0.395 e. The molecule has 3 nitrogen and oxygen atoms in total. The number of rotatable bonds is 5. The quantitative estimate of drug-likeness (QED) is 0.761.